The van der Waals surface area contributed by atoms with E-state index in [1.54, 1.807) is 31.6 Å². The van der Waals surface area contributed by atoms with E-state index in [9.17, 15) is 4.79 Å². The van der Waals surface area contributed by atoms with Crippen LogP contribution >= 0.6 is 0 Å². The molecule has 1 amide bonds. The average Bonchev–Trinajstić information content (AvgIpc) is 3.02. The third-order valence-corrected chi connectivity index (χ3v) is 3.61. The molecule has 1 N–H and O–H groups in total. The summed E-state index contributed by atoms with van der Waals surface area (Å²) in [5.74, 6) is 0.462. The number of fused-ring (bicyclic) bond motifs is 1. The molecule has 24 heavy (non-hydrogen) atoms. The van der Waals surface area contributed by atoms with Gasteiger partial charge in [0.1, 0.15) is 5.75 Å². The van der Waals surface area contributed by atoms with E-state index >= 15 is 0 Å². The minimum atomic E-state index is -0.223. The highest BCUT2D eigenvalue weighted by Crippen LogP contribution is 2.26. The first-order valence-electron chi connectivity index (χ1n) is 7.67. The lowest BCUT2D eigenvalue weighted by molar-refractivity contribution is -0.118. The summed E-state index contributed by atoms with van der Waals surface area (Å²) in [4.78, 5) is 15.9. The average molecular weight is 325 g/mol. The van der Waals surface area contributed by atoms with Gasteiger partial charge in [0.05, 0.1) is 24.0 Å². The third kappa shape index (κ3) is 3.72. The van der Waals surface area contributed by atoms with Gasteiger partial charge in [-0.3, -0.25) is 9.78 Å². The Labute approximate surface area is 140 Å². The minimum Gasteiger partial charge on any atom is -0.483 e. The van der Waals surface area contributed by atoms with Crippen molar-refractivity contribution in [3.8, 4) is 5.75 Å². The van der Waals surface area contributed by atoms with Gasteiger partial charge in [-0.25, -0.2) is 0 Å². The second-order valence-corrected chi connectivity index (χ2v) is 5.27. The SMILES string of the molecule is COCCn1ccc2c(OCC(=O)Nc3cccnc3)cccc21. The molecule has 2 aromatic heterocycles. The molecular formula is C18H19N3O3. The maximum Gasteiger partial charge on any atom is 0.262 e. The number of nitrogens with zero attached hydrogens (tertiary/aromatic N) is 2. The van der Waals surface area contributed by atoms with Crippen molar-refractivity contribution in [2.75, 3.05) is 25.6 Å². The van der Waals surface area contributed by atoms with Crippen LogP contribution in [0.5, 0.6) is 5.75 Å². The number of amides is 1. The van der Waals surface area contributed by atoms with Crippen LogP contribution in [0.1, 0.15) is 0 Å². The molecule has 0 saturated heterocycles. The van der Waals surface area contributed by atoms with Crippen LogP contribution in [0, 0.1) is 0 Å². The molecule has 3 aromatic rings. The van der Waals surface area contributed by atoms with E-state index < -0.39 is 0 Å². The van der Waals surface area contributed by atoms with Gasteiger partial charge in [0, 0.05) is 31.4 Å². The Kier molecular flexibility index (Phi) is 5.08. The van der Waals surface area contributed by atoms with Gasteiger partial charge in [0.25, 0.3) is 5.91 Å². The first kappa shape index (κ1) is 16.0. The predicted molar refractivity (Wildman–Crippen MR) is 92.2 cm³/mol. The summed E-state index contributed by atoms with van der Waals surface area (Å²) in [7, 11) is 1.68. The maximum atomic E-state index is 12.0. The molecule has 2 heterocycles. The zero-order valence-electron chi connectivity index (χ0n) is 13.4. The van der Waals surface area contributed by atoms with E-state index in [1.807, 2.05) is 30.5 Å². The van der Waals surface area contributed by atoms with Crippen LogP contribution in [0.3, 0.4) is 0 Å². The van der Waals surface area contributed by atoms with E-state index in [0.29, 0.717) is 18.0 Å². The Morgan fingerprint density at radius 3 is 2.96 bits per heavy atom. The molecule has 0 bridgehead atoms. The lowest BCUT2D eigenvalue weighted by atomic mass is 10.2. The molecule has 0 aliphatic heterocycles. The number of carbonyl (C=O) groups is 1. The summed E-state index contributed by atoms with van der Waals surface area (Å²) in [6, 6.07) is 11.3. The fourth-order valence-corrected chi connectivity index (χ4v) is 2.48. The molecule has 0 saturated carbocycles. The number of ether oxygens (including phenoxy) is 2. The summed E-state index contributed by atoms with van der Waals surface area (Å²) in [6.07, 6.45) is 5.24. The molecule has 6 nitrogen and oxygen atoms in total. The van der Waals surface area contributed by atoms with Gasteiger partial charge in [0.2, 0.25) is 0 Å². The summed E-state index contributed by atoms with van der Waals surface area (Å²) < 4.78 is 12.9. The van der Waals surface area contributed by atoms with Gasteiger partial charge in [-0.1, -0.05) is 6.07 Å². The highest BCUT2D eigenvalue weighted by Gasteiger charge is 2.09. The number of nitrogens with one attached hydrogen (secondary N) is 1. The Morgan fingerprint density at radius 2 is 2.17 bits per heavy atom. The Morgan fingerprint density at radius 1 is 1.25 bits per heavy atom. The lowest BCUT2D eigenvalue weighted by Gasteiger charge is -2.09. The smallest absolute Gasteiger partial charge is 0.262 e. The number of anilines is 1. The van der Waals surface area contributed by atoms with E-state index in [4.69, 9.17) is 9.47 Å². The van der Waals surface area contributed by atoms with Crippen LogP contribution in [0.25, 0.3) is 10.9 Å². The van der Waals surface area contributed by atoms with Crippen LogP contribution in [0.2, 0.25) is 0 Å². The number of carbonyl (C=O) groups excluding carboxylic acids is 1. The summed E-state index contributed by atoms with van der Waals surface area (Å²) >= 11 is 0. The molecule has 0 aliphatic carbocycles. The fourth-order valence-electron chi connectivity index (χ4n) is 2.48. The van der Waals surface area contributed by atoms with Gasteiger partial charge < -0.3 is 19.4 Å². The number of aromatic nitrogens is 2. The molecule has 0 atom stereocenters. The normalized spacial score (nSPS) is 10.7. The maximum absolute atomic E-state index is 12.0. The second-order valence-electron chi connectivity index (χ2n) is 5.27. The van der Waals surface area contributed by atoms with E-state index in [-0.39, 0.29) is 12.5 Å². The minimum absolute atomic E-state index is 0.0583. The van der Waals surface area contributed by atoms with Crippen molar-refractivity contribution >= 4 is 22.5 Å². The largest absolute Gasteiger partial charge is 0.483 e. The van der Waals surface area contributed by atoms with Gasteiger partial charge in [0.15, 0.2) is 6.61 Å². The first-order valence-corrected chi connectivity index (χ1v) is 7.67. The lowest BCUT2D eigenvalue weighted by Crippen LogP contribution is -2.20. The van der Waals surface area contributed by atoms with Crippen LogP contribution in [0.4, 0.5) is 5.69 Å². The molecule has 0 fully saturated rings. The second kappa shape index (κ2) is 7.61. The van der Waals surface area contributed by atoms with Crippen LogP contribution in [-0.4, -0.2) is 35.8 Å². The molecular weight excluding hydrogens is 306 g/mol. The zero-order valence-corrected chi connectivity index (χ0v) is 13.4. The standard InChI is InChI=1S/C18H19N3O3/c1-23-11-10-21-9-7-15-16(21)5-2-6-17(15)24-13-18(22)20-14-4-3-8-19-12-14/h2-9,12H,10-11,13H2,1H3,(H,20,22). The fraction of sp³-hybridized carbons (Fsp3) is 0.222. The number of methoxy groups -OCH3 is 1. The van der Waals surface area contributed by atoms with E-state index in [0.717, 1.165) is 17.4 Å². The summed E-state index contributed by atoms with van der Waals surface area (Å²) in [5, 5.41) is 3.72. The highest BCUT2D eigenvalue weighted by molar-refractivity contribution is 5.92. The molecule has 0 unspecified atom stereocenters. The van der Waals surface area contributed by atoms with Gasteiger partial charge in [-0.2, -0.15) is 0 Å². The van der Waals surface area contributed by atoms with Crippen LogP contribution in [0.15, 0.2) is 55.0 Å². The number of benzene rings is 1. The third-order valence-electron chi connectivity index (χ3n) is 3.61. The van der Waals surface area contributed by atoms with Gasteiger partial charge in [-0.15, -0.1) is 0 Å². The highest BCUT2D eigenvalue weighted by atomic mass is 16.5. The number of rotatable bonds is 7. The molecule has 0 spiro atoms. The van der Waals surface area contributed by atoms with Crippen molar-refractivity contribution in [3.05, 3.63) is 55.0 Å². The van der Waals surface area contributed by atoms with Crippen molar-refractivity contribution in [1.29, 1.82) is 0 Å². The Hall–Kier alpha value is -2.86. The molecule has 1 aromatic carbocycles. The van der Waals surface area contributed by atoms with Crippen molar-refractivity contribution in [2.24, 2.45) is 0 Å². The van der Waals surface area contributed by atoms with Crippen molar-refractivity contribution in [2.45, 2.75) is 6.54 Å². The van der Waals surface area contributed by atoms with Crippen molar-refractivity contribution in [3.63, 3.8) is 0 Å². The molecule has 0 radical (unpaired) electrons. The van der Waals surface area contributed by atoms with Crippen molar-refractivity contribution in [1.82, 2.24) is 9.55 Å². The number of pyridine rings is 1. The quantitative estimate of drug-likeness (QED) is 0.725. The predicted octanol–water partition coefficient (Wildman–Crippen LogP) is 2.70. The van der Waals surface area contributed by atoms with Gasteiger partial charge in [-0.05, 0) is 30.3 Å². The number of hydrogen-bond acceptors (Lipinski definition) is 4. The van der Waals surface area contributed by atoms with E-state index in [2.05, 4.69) is 14.9 Å². The Bertz CT molecular complexity index is 815. The summed E-state index contributed by atoms with van der Waals surface area (Å²) in [6.45, 7) is 1.35. The van der Waals surface area contributed by atoms with Crippen LogP contribution < -0.4 is 10.1 Å². The first-order chi connectivity index (χ1) is 11.8. The Balaban J connectivity index is 1.67. The molecule has 6 heteroatoms. The number of hydrogen-bond donors (Lipinski definition) is 1. The van der Waals surface area contributed by atoms with E-state index in [1.165, 1.54) is 0 Å². The van der Waals surface area contributed by atoms with Crippen molar-refractivity contribution < 1.29 is 14.3 Å². The zero-order chi connectivity index (χ0) is 16.8. The molecule has 0 aliphatic rings. The monoisotopic (exact) mass is 325 g/mol. The van der Waals surface area contributed by atoms with Gasteiger partial charge >= 0.3 is 0 Å². The van der Waals surface area contributed by atoms with Crippen LogP contribution in [-0.2, 0) is 16.1 Å². The topological polar surface area (TPSA) is 65.4 Å². The molecule has 3 rings (SSSR count). The molecule has 124 valence electrons. The summed E-state index contributed by atoms with van der Waals surface area (Å²) in [5.41, 5.74) is 1.70.